The summed E-state index contributed by atoms with van der Waals surface area (Å²) in [6, 6.07) is 15.8. The minimum Gasteiger partial charge on any atom is -0.481 e. The summed E-state index contributed by atoms with van der Waals surface area (Å²) < 4.78 is 5.81. The molecule has 0 saturated heterocycles. The SMILES string of the molecule is CC[C@@H](Oc1cccc(C)c1)C(=O)NCc1ccccc1C. The molecule has 3 nitrogen and oxygen atoms in total. The van der Waals surface area contributed by atoms with Gasteiger partial charge in [0.05, 0.1) is 0 Å². The van der Waals surface area contributed by atoms with Crippen LogP contribution >= 0.6 is 0 Å². The average molecular weight is 297 g/mol. The second kappa shape index (κ2) is 7.64. The highest BCUT2D eigenvalue weighted by molar-refractivity contribution is 5.81. The maximum atomic E-state index is 12.3. The van der Waals surface area contributed by atoms with Gasteiger partial charge in [0, 0.05) is 6.54 Å². The molecule has 22 heavy (non-hydrogen) atoms. The van der Waals surface area contributed by atoms with Gasteiger partial charge in [-0.25, -0.2) is 0 Å². The Kier molecular flexibility index (Phi) is 5.59. The first kappa shape index (κ1) is 16.1. The van der Waals surface area contributed by atoms with Gasteiger partial charge >= 0.3 is 0 Å². The van der Waals surface area contributed by atoms with Crippen molar-refractivity contribution >= 4 is 5.91 Å². The van der Waals surface area contributed by atoms with Crippen molar-refractivity contribution in [3.8, 4) is 5.75 Å². The van der Waals surface area contributed by atoms with Crippen LogP contribution in [0.5, 0.6) is 5.75 Å². The Hall–Kier alpha value is -2.29. The van der Waals surface area contributed by atoms with Crippen LogP contribution in [0.4, 0.5) is 0 Å². The van der Waals surface area contributed by atoms with E-state index in [0.29, 0.717) is 13.0 Å². The normalized spacial score (nSPS) is 11.8. The molecule has 2 aromatic carbocycles. The van der Waals surface area contributed by atoms with Crippen LogP contribution < -0.4 is 10.1 Å². The molecule has 0 fully saturated rings. The molecule has 0 radical (unpaired) electrons. The second-order valence-electron chi connectivity index (χ2n) is 5.48. The van der Waals surface area contributed by atoms with Crippen molar-refractivity contribution < 1.29 is 9.53 Å². The van der Waals surface area contributed by atoms with Gasteiger partial charge in [0.1, 0.15) is 5.75 Å². The van der Waals surface area contributed by atoms with Crippen LogP contribution in [0.1, 0.15) is 30.0 Å². The third-order valence-corrected chi connectivity index (χ3v) is 3.65. The lowest BCUT2D eigenvalue weighted by Gasteiger charge is -2.18. The van der Waals surface area contributed by atoms with Gasteiger partial charge in [-0.2, -0.15) is 0 Å². The first-order chi connectivity index (χ1) is 10.6. The largest absolute Gasteiger partial charge is 0.481 e. The van der Waals surface area contributed by atoms with E-state index in [4.69, 9.17) is 4.74 Å². The molecule has 1 atom stereocenters. The number of amides is 1. The van der Waals surface area contributed by atoms with Gasteiger partial charge < -0.3 is 10.1 Å². The Balaban J connectivity index is 1.96. The van der Waals surface area contributed by atoms with Crippen LogP contribution in [0.15, 0.2) is 48.5 Å². The lowest BCUT2D eigenvalue weighted by molar-refractivity contribution is -0.128. The smallest absolute Gasteiger partial charge is 0.261 e. The van der Waals surface area contributed by atoms with Gasteiger partial charge in [-0.05, 0) is 49.1 Å². The number of carbonyl (C=O) groups is 1. The fraction of sp³-hybridized carbons (Fsp3) is 0.316. The fourth-order valence-electron chi connectivity index (χ4n) is 2.28. The summed E-state index contributed by atoms with van der Waals surface area (Å²) in [6.45, 7) is 6.53. The van der Waals surface area contributed by atoms with Crippen molar-refractivity contribution in [3.05, 3.63) is 65.2 Å². The summed E-state index contributed by atoms with van der Waals surface area (Å²) in [5, 5.41) is 2.96. The van der Waals surface area contributed by atoms with Gasteiger partial charge in [-0.15, -0.1) is 0 Å². The van der Waals surface area contributed by atoms with Gasteiger partial charge in [0.25, 0.3) is 5.91 Å². The monoisotopic (exact) mass is 297 g/mol. The Labute approximate surface area is 132 Å². The number of hydrogen-bond acceptors (Lipinski definition) is 2. The van der Waals surface area contributed by atoms with E-state index in [1.54, 1.807) is 0 Å². The van der Waals surface area contributed by atoms with E-state index in [1.807, 2.05) is 69.3 Å². The number of hydrogen-bond donors (Lipinski definition) is 1. The van der Waals surface area contributed by atoms with Gasteiger partial charge in [0.2, 0.25) is 0 Å². The molecular weight excluding hydrogens is 274 g/mol. The first-order valence-electron chi connectivity index (χ1n) is 7.65. The van der Waals surface area contributed by atoms with Crippen LogP contribution in [0.25, 0.3) is 0 Å². The van der Waals surface area contributed by atoms with Crippen LogP contribution in [-0.2, 0) is 11.3 Å². The van der Waals surface area contributed by atoms with Crippen LogP contribution in [0.3, 0.4) is 0 Å². The number of carbonyl (C=O) groups excluding carboxylic acids is 1. The Morgan fingerprint density at radius 2 is 1.91 bits per heavy atom. The van der Waals surface area contributed by atoms with E-state index in [1.165, 1.54) is 5.56 Å². The molecule has 2 aromatic rings. The van der Waals surface area contributed by atoms with Crippen molar-refractivity contribution in [1.29, 1.82) is 0 Å². The minimum atomic E-state index is -0.467. The molecule has 0 aliphatic rings. The molecule has 0 aliphatic carbocycles. The van der Waals surface area contributed by atoms with Gasteiger partial charge in [0.15, 0.2) is 6.10 Å². The van der Waals surface area contributed by atoms with Gasteiger partial charge in [-0.3, -0.25) is 4.79 Å². The quantitative estimate of drug-likeness (QED) is 0.881. The highest BCUT2D eigenvalue weighted by Crippen LogP contribution is 2.15. The summed E-state index contributed by atoms with van der Waals surface area (Å²) in [6.07, 6.45) is 0.166. The molecule has 2 rings (SSSR count). The lowest BCUT2D eigenvalue weighted by atomic mass is 10.1. The topological polar surface area (TPSA) is 38.3 Å². The zero-order valence-electron chi connectivity index (χ0n) is 13.4. The zero-order chi connectivity index (χ0) is 15.9. The Morgan fingerprint density at radius 1 is 1.14 bits per heavy atom. The third kappa shape index (κ3) is 4.35. The molecule has 0 unspecified atom stereocenters. The summed E-state index contributed by atoms with van der Waals surface area (Å²) in [7, 11) is 0. The predicted molar refractivity (Wildman–Crippen MR) is 88.9 cm³/mol. The molecule has 0 spiro atoms. The molecule has 3 heteroatoms. The molecule has 1 N–H and O–H groups in total. The third-order valence-electron chi connectivity index (χ3n) is 3.65. The van der Waals surface area contributed by atoms with E-state index in [2.05, 4.69) is 5.32 Å². The molecule has 0 saturated carbocycles. The van der Waals surface area contributed by atoms with E-state index in [-0.39, 0.29) is 5.91 Å². The van der Waals surface area contributed by atoms with Crippen molar-refractivity contribution in [2.75, 3.05) is 0 Å². The Bertz CT molecular complexity index is 637. The fourth-order valence-corrected chi connectivity index (χ4v) is 2.28. The number of rotatable bonds is 6. The summed E-state index contributed by atoms with van der Waals surface area (Å²) >= 11 is 0. The molecule has 0 aliphatic heterocycles. The second-order valence-corrected chi connectivity index (χ2v) is 5.48. The zero-order valence-corrected chi connectivity index (χ0v) is 13.4. The van der Waals surface area contributed by atoms with Crippen molar-refractivity contribution in [3.63, 3.8) is 0 Å². The number of aryl methyl sites for hydroxylation is 2. The summed E-state index contributed by atoms with van der Waals surface area (Å²) in [4.78, 5) is 12.3. The molecule has 0 aromatic heterocycles. The van der Waals surface area contributed by atoms with Crippen molar-refractivity contribution in [2.24, 2.45) is 0 Å². The molecule has 0 bridgehead atoms. The standard InChI is InChI=1S/C19H23NO2/c1-4-18(22-17-11-7-8-14(2)12-17)19(21)20-13-16-10-6-5-9-15(16)3/h5-12,18H,4,13H2,1-3H3,(H,20,21)/t18-/m1/s1. The maximum Gasteiger partial charge on any atom is 0.261 e. The van der Waals surface area contributed by atoms with Crippen LogP contribution in [0.2, 0.25) is 0 Å². The predicted octanol–water partition coefficient (Wildman–Crippen LogP) is 3.78. The summed E-state index contributed by atoms with van der Waals surface area (Å²) in [5.74, 6) is 0.658. The summed E-state index contributed by atoms with van der Waals surface area (Å²) in [5.41, 5.74) is 3.42. The molecule has 0 heterocycles. The minimum absolute atomic E-state index is 0.0766. The molecule has 1 amide bonds. The number of nitrogens with one attached hydrogen (secondary N) is 1. The molecular formula is C19H23NO2. The first-order valence-corrected chi connectivity index (χ1v) is 7.65. The Morgan fingerprint density at radius 3 is 2.59 bits per heavy atom. The highest BCUT2D eigenvalue weighted by atomic mass is 16.5. The lowest BCUT2D eigenvalue weighted by Crippen LogP contribution is -2.37. The van der Waals surface area contributed by atoms with Crippen LogP contribution in [-0.4, -0.2) is 12.0 Å². The average Bonchev–Trinajstić information content (AvgIpc) is 2.51. The van der Waals surface area contributed by atoms with E-state index >= 15 is 0 Å². The molecule has 116 valence electrons. The van der Waals surface area contributed by atoms with Crippen molar-refractivity contribution in [2.45, 2.75) is 39.8 Å². The number of benzene rings is 2. The van der Waals surface area contributed by atoms with E-state index in [9.17, 15) is 4.79 Å². The highest BCUT2D eigenvalue weighted by Gasteiger charge is 2.18. The van der Waals surface area contributed by atoms with E-state index < -0.39 is 6.10 Å². The van der Waals surface area contributed by atoms with Gasteiger partial charge in [-0.1, -0.05) is 43.3 Å². The van der Waals surface area contributed by atoms with E-state index in [0.717, 1.165) is 16.9 Å². The van der Waals surface area contributed by atoms with Crippen LogP contribution in [0, 0.1) is 13.8 Å². The number of ether oxygens (including phenoxy) is 1. The maximum absolute atomic E-state index is 12.3. The van der Waals surface area contributed by atoms with Crippen molar-refractivity contribution in [1.82, 2.24) is 5.32 Å².